The van der Waals surface area contributed by atoms with Crippen LogP contribution >= 0.6 is 22.9 Å². The Labute approximate surface area is 120 Å². The molecule has 0 fully saturated rings. The molecule has 0 aromatic carbocycles. The second-order valence-electron chi connectivity index (χ2n) is 4.40. The second kappa shape index (κ2) is 4.83. The lowest BCUT2D eigenvalue weighted by atomic mass is 10.3. The average Bonchev–Trinajstić information content (AvgIpc) is 2.96. The van der Waals surface area contributed by atoms with Crippen LogP contribution in [0.1, 0.15) is 23.4 Å². The van der Waals surface area contributed by atoms with Gasteiger partial charge in [-0.15, -0.1) is 16.4 Å². The van der Waals surface area contributed by atoms with Gasteiger partial charge in [0.05, 0.1) is 10.4 Å². The van der Waals surface area contributed by atoms with Gasteiger partial charge in [-0.05, 0) is 37.6 Å². The summed E-state index contributed by atoms with van der Waals surface area (Å²) in [6.07, 6.45) is 1.90. The smallest absolute Gasteiger partial charge is 0.243 e. The van der Waals surface area contributed by atoms with Gasteiger partial charge in [0, 0.05) is 11.1 Å². The van der Waals surface area contributed by atoms with Crippen molar-refractivity contribution < 1.29 is 0 Å². The van der Waals surface area contributed by atoms with Gasteiger partial charge in [0.2, 0.25) is 5.95 Å². The minimum Gasteiger partial charge on any atom is -0.346 e. The maximum Gasteiger partial charge on any atom is 0.243 e. The predicted octanol–water partition coefficient (Wildman–Crippen LogP) is 3.93. The van der Waals surface area contributed by atoms with Crippen molar-refractivity contribution in [3.8, 4) is 0 Å². The number of nitrogens with zero attached hydrogens (tertiary/aromatic N) is 3. The predicted molar refractivity (Wildman–Crippen MR) is 79.1 cm³/mol. The van der Waals surface area contributed by atoms with Crippen LogP contribution in [0.25, 0.3) is 5.65 Å². The highest BCUT2D eigenvalue weighted by Crippen LogP contribution is 2.28. The van der Waals surface area contributed by atoms with Crippen molar-refractivity contribution in [3.63, 3.8) is 0 Å². The Morgan fingerprint density at radius 1 is 1.37 bits per heavy atom. The van der Waals surface area contributed by atoms with E-state index in [1.54, 1.807) is 15.9 Å². The van der Waals surface area contributed by atoms with E-state index in [1.807, 2.05) is 37.4 Å². The first kappa shape index (κ1) is 12.4. The summed E-state index contributed by atoms with van der Waals surface area (Å²) < 4.78 is 2.58. The molecule has 4 nitrogen and oxygen atoms in total. The molecule has 3 aromatic rings. The number of aromatic nitrogens is 3. The number of aryl methyl sites for hydroxylation is 1. The zero-order valence-corrected chi connectivity index (χ0v) is 12.2. The van der Waals surface area contributed by atoms with Gasteiger partial charge in [-0.1, -0.05) is 17.7 Å². The summed E-state index contributed by atoms with van der Waals surface area (Å²) in [7, 11) is 0. The summed E-state index contributed by atoms with van der Waals surface area (Å²) in [5.41, 5.74) is 1.98. The van der Waals surface area contributed by atoms with Gasteiger partial charge in [-0.3, -0.25) is 0 Å². The zero-order chi connectivity index (χ0) is 13.4. The van der Waals surface area contributed by atoms with Crippen LogP contribution in [0.4, 0.5) is 5.95 Å². The second-order valence-corrected chi connectivity index (χ2v) is 6.15. The molecule has 98 valence electrons. The van der Waals surface area contributed by atoms with Crippen LogP contribution in [0.3, 0.4) is 0 Å². The van der Waals surface area contributed by atoms with Crippen LogP contribution in [0.5, 0.6) is 0 Å². The third kappa shape index (κ3) is 2.43. The first-order valence-electron chi connectivity index (χ1n) is 5.97. The SMILES string of the molecule is Cc1cccn2nc(NC(C)c3ccc(Cl)s3)nc12. The molecule has 6 heteroatoms. The lowest BCUT2D eigenvalue weighted by molar-refractivity contribution is 0.869. The number of thiophene rings is 1. The number of hydrogen-bond acceptors (Lipinski definition) is 4. The third-order valence-corrected chi connectivity index (χ3v) is 4.34. The molecule has 19 heavy (non-hydrogen) atoms. The Hall–Kier alpha value is -1.59. The fourth-order valence-electron chi connectivity index (χ4n) is 1.93. The summed E-state index contributed by atoms with van der Waals surface area (Å²) in [4.78, 5) is 5.66. The van der Waals surface area contributed by atoms with Crippen LogP contribution in [0, 0.1) is 6.92 Å². The highest BCUT2D eigenvalue weighted by atomic mass is 35.5. The molecule has 3 rings (SSSR count). The maximum atomic E-state index is 5.95. The average molecular weight is 293 g/mol. The number of halogens is 1. The van der Waals surface area contributed by atoms with E-state index in [0.29, 0.717) is 5.95 Å². The van der Waals surface area contributed by atoms with E-state index >= 15 is 0 Å². The van der Waals surface area contributed by atoms with Gasteiger partial charge in [-0.2, -0.15) is 4.98 Å². The van der Waals surface area contributed by atoms with Crippen molar-refractivity contribution in [2.45, 2.75) is 19.9 Å². The fraction of sp³-hybridized carbons (Fsp3) is 0.231. The summed E-state index contributed by atoms with van der Waals surface area (Å²) in [6, 6.07) is 8.04. The van der Waals surface area contributed by atoms with Crippen LogP contribution in [-0.4, -0.2) is 14.6 Å². The van der Waals surface area contributed by atoms with Crippen molar-refractivity contribution in [1.29, 1.82) is 0 Å². The van der Waals surface area contributed by atoms with E-state index in [0.717, 1.165) is 15.5 Å². The molecule has 0 radical (unpaired) electrons. The normalized spacial score (nSPS) is 12.8. The van der Waals surface area contributed by atoms with Crippen molar-refractivity contribution in [1.82, 2.24) is 14.6 Å². The number of anilines is 1. The molecule has 0 amide bonds. The molecule has 3 aromatic heterocycles. The van der Waals surface area contributed by atoms with E-state index < -0.39 is 0 Å². The topological polar surface area (TPSA) is 42.2 Å². The molecule has 3 heterocycles. The Bertz CT molecular complexity index is 718. The molecule has 0 aliphatic heterocycles. The van der Waals surface area contributed by atoms with Gasteiger partial charge >= 0.3 is 0 Å². The number of pyridine rings is 1. The van der Waals surface area contributed by atoms with Crippen molar-refractivity contribution in [3.05, 3.63) is 45.2 Å². The monoisotopic (exact) mass is 292 g/mol. The molecule has 1 atom stereocenters. The number of hydrogen-bond donors (Lipinski definition) is 1. The van der Waals surface area contributed by atoms with Gasteiger partial charge in [0.25, 0.3) is 0 Å². The van der Waals surface area contributed by atoms with Gasteiger partial charge in [0.15, 0.2) is 5.65 Å². The van der Waals surface area contributed by atoms with Gasteiger partial charge < -0.3 is 5.32 Å². The molecule has 0 saturated heterocycles. The summed E-state index contributed by atoms with van der Waals surface area (Å²) >= 11 is 7.51. The minimum atomic E-state index is 0.134. The van der Waals surface area contributed by atoms with Crippen LogP contribution in [-0.2, 0) is 0 Å². The molecule has 0 saturated carbocycles. The molecule has 1 unspecified atom stereocenters. The van der Waals surface area contributed by atoms with E-state index in [4.69, 9.17) is 11.6 Å². The quantitative estimate of drug-likeness (QED) is 0.795. The molecular weight excluding hydrogens is 280 g/mol. The molecular formula is C13H13ClN4S. The van der Waals surface area contributed by atoms with Crippen LogP contribution in [0.2, 0.25) is 4.34 Å². The fourth-order valence-corrected chi connectivity index (χ4v) is 2.99. The van der Waals surface area contributed by atoms with E-state index in [1.165, 1.54) is 4.88 Å². The Morgan fingerprint density at radius 2 is 2.21 bits per heavy atom. The third-order valence-electron chi connectivity index (χ3n) is 2.92. The van der Waals surface area contributed by atoms with E-state index in [2.05, 4.69) is 22.3 Å². The number of nitrogens with one attached hydrogen (secondary N) is 1. The Kier molecular flexibility index (Phi) is 3.16. The van der Waals surface area contributed by atoms with E-state index in [9.17, 15) is 0 Å². The zero-order valence-electron chi connectivity index (χ0n) is 10.6. The minimum absolute atomic E-state index is 0.134. The Morgan fingerprint density at radius 3 is 2.89 bits per heavy atom. The van der Waals surface area contributed by atoms with Gasteiger partial charge in [0.1, 0.15) is 0 Å². The first-order chi connectivity index (χ1) is 9.13. The van der Waals surface area contributed by atoms with Crippen LogP contribution in [0.15, 0.2) is 30.5 Å². The van der Waals surface area contributed by atoms with Crippen molar-refractivity contribution in [2.24, 2.45) is 0 Å². The van der Waals surface area contributed by atoms with E-state index in [-0.39, 0.29) is 6.04 Å². The molecule has 1 N–H and O–H groups in total. The maximum absolute atomic E-state index is 5.95. The molecule has 0 aliphatic rings. The summed E-state index contributed by atoms with van der Waals surface area (Å²) in [5.74, 6) is 0.631. The highest BCUT2D eigenvalue weighted by Gasteiger charge is 2.11. The largest absolute Gasteiger partial charge is 0.346 e. The lowest BCUT2D eigenvalue weighted by Gasteiger charge is -2.09. The first-order valence-corrected chi connectivity index (χ1v) is 7.17. The highest BCUT2D eigenvalue weighted by molar-refractivity contribution is 7.16. The Balaban J connectivity index is 1.87. The van der Waals surface area contributed by atoms with Crippen molar-refractivity contribution in [2.75, 3.05) is 5.32 Å². The van der Waals surface area contributed by atoms with Crippen LogP contribution < -0.4 is 5.32 Å². The molecule has 0 spiro atoms. The standard InChI is InChI=1S/C13H13ClN4S/c1-8-4-3-7-18-12(8)16-13(17-18)15-9(2)10-5-6-11(14)19-10/h3-7,9H,1-2H3,(H,15,17). The summed E-state index contributed by atoms with van der Waals surface area (Å²) in [5, 5.41) is 7.71. The number of fused-ring (bicyclic) bond motifs is 1. The van der Waals surface area contributed by atoms with Gasteiger partial charge in [-0.25, -0.2) is 4.52 Å². The molecule has 0 aliphatic carbocycles. The van der Waals surface area contributed by atoms with Crippen molar-refractivity contribution >= 4 is 34.5 Å². The number of rotatable bonds is 3. The molecule has 0 bridgehead atoms. The summed E-state index contributed by atoms with van der Waals surface area (Å²) in [6.45, 7) is 4.09. The lowest BCUT2D eigenvalue weighted by Crippen LogP contribution is -2.06.